The normalized spacial score (nSPS) is 13.2. The zero-order chi connectivity index (χ0) is 29.7. The fourth-order valence-electron chi connectivity index (χ4n) is 6.84. The highest BCUT2D eigenvalue weighted by atomic mass is 15.0. The van der Waals surface area contributed by atoms with Crippen molar-refractivity contribution >= 4 is 54.6 Å². The largest absolute Gasteiger partial charge is 0.380 e. The topological polar surface area (TPSA) is 42.7 Å². The molecule has 8 aromatic rings. The number of nitrogens with one attached hydrogen (secondary N) is 1. The molecule has 212 valence electrons. The number of pyridine rings is 2. The first-order valence-corrected chi connectivity index (χ1v) is 15.3. The number of aromatic nitrogens is 3. The van der Waals surface area contributed by atoms with E-state index < -0.39 is 0 Å². The monoisotopic (exact) mass is 576 g/mol. The van der Waals surface area contributed by atoms with Gasteiger partial charge in [-0.1, -0.05) is 78.9 Å². The zero-order valence-electron chi connectivity index (χ0n) is 24.5. The lowest BCUT2D eigenvalue weighted by atomic mass is 9.99. The number of nitrogens with zero attached hydrogens (tertiary/aromatic N) is 3. The van der Waals surface area contributed by atoms with E-state index in [4.69, 9.17) is 0 Å². The van der Waals surface area contributed by atoms with Crippen molar-refractivity contribution < 1.29 is 0 Å². The molecule has 0 fully saturated rings. The van der Waals surface area contributed by atoms with Gasteiger partial charge in [0.1, 0.15) is 0 Å². The van der Waals surface area contributed by atoms with Gasteiger partial charge in [0.05, 0.1) is 16.7 Å². The second kappa shape index (κ2) is 10.3. The summed E-state index contributed by atoms with van der Waals surface area (Å²) in [5.74, 6) is 0. The second-order valence-corrected chi connectivity index (χ2v) is 11.6. The minimum atomic E-state index is 0.780. The molecule has 4 heterocycles. The van der Waals surface area contributed by atoms with Crippen LogP contribution in [0, 0.1) is 0 Å². The summed E-state index contributed by atoms with van der Waals surface area (Å²) in [6.07, 6.45) is 11.8. The quantitative estimate of drug-likeness (QED) is 0.227. The highest BCUT2D eigenvalue weighted by Gasteiger charge is 2.18. The van der Waals surface area contributed by atoms with Crippen LogP contribution in [0.25, 0.3) is 71.4 Å². The Kier molecular flexibility index (Phi) is 5.85. The van der Waals surface area contributed by atoms with Gasteiger partial charge in [0, 0.05) is 58.6 Å². The highest BCUT2D eigenvalue weighted by molar-refractivity contribution is 6.20. The third kappa shape index (κ3) is 4.22. The lowest BCUT2D eigenvalue weighted by molar-refractivity contribution is 1.01. The van der Waals surface area contributed by atoms with Gasteiger partial charge in [-0.2, -0.15) is 0 Å². The molecule has 4 heteroatoms. The summed E-state index contributed by atoms with van der Waals surface area (Å²) in [6, 6.07) is 41.8. The molecule has 0 radical (unpaired) electrons. The van der Waals surface area contributed by atoms with Gasteiger partial charge >= 0.3 is 0 Å². The number of rotatable bonds is 4. The van der Waals surface area contributed by atoms with E-state index in [2.05, 4.69) is 147 Å². The summed E-state index contributed by atoms with van der Waals surface area (Å²) < 4.78 is 2.47. The zero-order valence-corrected chi connectivity index (χ0v) is 24.5. The smallest absolute Gasteiger partial charge is 0.0619 e. The van der Waals surface area contributed by atoms with E-state index >= 15 is 0 Å². The van der Waals surface area contributed by atoms with E-state index in [0.717, 1.165) is 17.8 Å². The molecular weight excluding hydrogens is 548 g/mol. The van der Waals surface area contributed by atoms with E-state index in [1.54, 1.807) is 0 Å². The van der Waals surface area contributed by atoms with Crippen LogP contribution in [0.1, 0.15) is 11.1 Å². The molecule has 3 aromatic heterocycles. The first-order chi connectivity index (χ1) is 22.3. The van der Waals surface area contributed by atoms with Crippen molar-refractivity contribution in [2.24, 2.45) is 0 Å². The molecule has 1 N–H and O–H groups in total. The molecule has 4 nitrogen and oxygen atoms in total. The van der Waals surface area contributed by atoms with Gasteiger partial charge in [0.25, 0.3) is 0 Å². The van der Waals surface area contributed by atoms with Gasteiger partial charge in [0.2, 0.25) is 0 Å². The number of fused-ring (bicyclic) bond motifs is 6. The van der Waals surface area contributed by atoms with E-state index in [0.29, 0.717) is 0 Å². The van der Waals surface area contributed by atoms with Crippen LogP contribution in [0.3, 0.4) is 0 Å². The maximum absolute atomic E-state index is 4.24. The molecule has 0 saturated carbocycles. The van der Waals surface area contributed by atoms with Crippen LogP contribution in [0.2, 0.25) is 0 Å². The van der Waals surface area contributed by atoms with Crippen molar-refractivity contribution in [3.63, 3.8) is 0 Å². The van der Waals surface area contributed by atoms with Gasteiger partial charge in [0.15, 0.2) is 0 Å². The molecule has 0 atom stereocenters. The number of hydrogen-bond donors (Lipinski definition) is 1. The fourth-order valence-corrected chi connectivity index (χ4v) is 6.84. The minimum absolute atomic E-state index is 0.780. The summed E-state index contributed by atoms with van der Waals surface area (Å²) >= 11 is 0. The van der Waals surface area contributed by atoms with Crippen LogP contribution in [-0.2, 0) is 0 Å². The average molecular weight is 577 g/mol. The van der Waals surface area contributed by atoms with Crippen LogP contribution in [0.4, 0.5) is 0 Å². The summed E-state index contributed by atoms with van der Waals surface area (Å²) in [5, 5.41) is 11.0. The molecule has 45 heavy (non-hydrogen) atoms. The standard InChI is InChI=1S/C41H28N4/c1-2-6-34-29(4-1)5-3-7-39(34)45-40-25-30(27-16-20-42-21-17-27)8-13-36(40)37-14-9-31-24-32(10-12-35(31)41(37)45)38-15-11-33(26-44-38)28-18-22-43-23-19-28/h1-25,44H,26H2. The van der Waals surface area contributed by atoms with Crippen LogP contribution < -0.4 is 5.32 Å². The van der Waals surface area contributed by atoms with Crippen molar-refractivity contribution in [2.75, 3.05) is 6.54 Å². The van der Waals surface area contributed by atoms with Gasteiger partial charge in [-0.15, -0.1) is 0 Å². The SMILES string of the molecule is C1=C(c2ccncc2)CNC(c2ccc3c(ccc4c5ccc(-c6ccncc6)cc5n(-c5cccc6ccccc56)c34)c2)=C1. The Balaban J connectivity index is 1.27. The molecule has 5 aromatic carbocycles. The Morgan fingerprint density at radius 1 is 0.511 bits per heavy atom. The summed E-state index contributed by atoms with van der Waals surface area (Å²) in [4.78, 5) is 8.40. The first-order valence-electron chi connectivity index (χ1n) is 15.3. The predicted octanol–water partition coefficient (Wildman–Crippen LogP) is 9.57. The summed E-state index contributed by atoms with van der Waals surface area (Å²) in [5.41, 5.74) is 10.7. The Morgan fingerprint density at radius 3 is 2.07 bits per heavy atom. The van der Waals surface area contributed by atoms with Crippen molar-refractivity contribution in [1.82, 2.24) is 19.9 Å². The Bertz CT molecular complexity index is 2460. The van der Waals surface area contributed by atoms with Gasteiger partial charge in [-0.3, -0.25) is 9.97 Å². The van der Waals surface area contributed by atoms with Crippen molar-refractivity contribution in [3.05, 3.63) is 163 Å². The van der Waals surface area contributed by atoms with E-state index in [1.165, 1.54) is 71.3 Å². The van der Waals surface area contributed by atoms with E-state index in [9.17, 15) is 0 Å². The lowest BCUT2D eigenvalue weighted by Crippen LogP contribution is -2.18. The maximum Gasteiger partial charge on any atom is 0.0619 e. The minimum Gasteiger partial charge on any atom is -0.380 e. The fraction of sp³-hybridized carbons (Fsp3) is 0.0244. The van der Waals surface area contributed by atoms with Crippen molar-refractivity contribution in [3.8, 4) is 16.8 Å². The van der Waals surface area contributed by atoms with Gasteiger partial charge in [-0.05, 0) is 87.1 Å². The lowest BCUT2D eigenvalue weighted by Gasteiger charge is -2.18. The highest BCUT2D eigenvalue weighted by Crippen LogP contribution is 2.40. The molecule has 9 rings (SSSR count). The first kappa shape index (κ1) is 25.5. The average Bonchev–Trinajstić information content (AvgIpc) is 3.46. The van der Waals surface area contributed by atoms with Crippen molar-refractivity contribution in [2.45, 2.75) is 0 Å². The maximum atomic E-state index is 4.24. The second-order valence-electron chi connectivity index (χ2n) is 11.6. The van der Waals surface area contributed by atoms with Crippen LogP contribution in [-0.4, -0.2) is 21.1 Å². The Morgan fingerprint density at radius 2 is 1.24 bits per heavy atom. The Labute approximate surface area is 260 Å². The molecule has 0 amide bonds. The molecule has 1 aliphatic rings. The number of allylic oxidation sites excluding steroid dienone is 2. The molecule has 0 aliphatic carbocycles. The Hall–Kier alpha value is -6.00. The van der Waals surface area contributed by atoms with E-state index in [1.807, 2.05) is 24.8 Å². The molecule has 0 unspecified atom stereocenters. The summed E-state index contributed by atoms with van der Waals surface area (Å²) in [6.45, 7) is 0.780. The number of hydrogen-bond acceptors (Lipinski definition) is 3. The third-order valence-corrected chi connectivity index (χ3v) is 9.05. The number of benzene rings is 5. The van der Waals surface area contributed by atoms with Crippen LogP contribution >= 0.6 is 0 Å². The third-order valence-electron chi connectivity index (χ3n) is 9.05. The van der Waals surface area contributed by atoms with Crippen LogP contribution in [0.5, 0.6) is 0 Å². The van der Waals surface area contributed by atoms with Crippen molar-refractivity contribution in [1.29, 1.82) is 0 Å². The molecule has 0 spiro atoms. The molecule has 1 aliphatic heterocycles. The summed E-state index contributed by atoms with van der Waals surface area (Å²) in [7, 11) is 0. The molecular formula is C41H28N4. The predicted molar refractivity (Wildman–Crippen MR) is 187 cm³/mol. The molecule has 0 bridgehead atoms. The molecule has 0 saturated heterocycles. The van der Waals surface area contributed by atoms with E-state index in [-0.39, 0.29) is 0 Å². The van der Waals surface area contributed by atoms with Gasteiger partial charge in [-0.25, -0.2) is 0 Å². The van der Waals surface area contributed by atoms with Gasteiger partial charge < -0.3 is 9.88 Å². The van der Waals surface area contributed by atoms with Crippen LogP contribution in [0.15, 0.2) is 152 Å². The number of dihydropyridines is 1.